The molecule has 0 saturated carbocycles. The molecule has 0 unspecified atom stereocenters. The molecule has 0 aliphatic heterocycles. The van der Waals surface area contributed by atoms with E-state index in [0.29, 0.717) is 22.3 Å². The number of rotatable bonds is 2. The van der Waals surface area contributed by atoms with Crippen LogP contribution in [0.4, 0.5) is 0 Å². The van der Waals surface area contributed by atoms with Gasteiger partial charge in [0.15, 0.2) is 5.43 Å². The molecule has 0 radical (unpaired) electrons. The molecule has 0 aliphatic rings. The van der Waals surface area contributed by atoms with Gasteiger partial charge in [-0.25, -0.2) is 0 Å². The first-order valence-corrected chi connectivity index (χ1v) is 6.75. The number of benzene rings is 1. The highest BCUT2D eigenvalue weighted by Crippen LogP contribution is 2.26. The Morgan fingerprint density at radius 3 is 2.15 bits per heavy atom. The lowest BCUT2D eigenvalue weighted by Crippen LogP contribution is -2.20. The number of hydrogen-bond donors (Lipinski definition) is 1. The summed E-state index contributed by atoms with van der Waals surface area (Å²) in [6, 6.07) is 16.4. The Hall–Kier alpha value is -2.05. The Morgan fingerprint density at radius 1 is 1.00 bits per heavy atom. The molecule has 0 fully saturated rings. The second-order valence-corrected chi connectivity index (χ2v) is 6.21. The molecule has 100 valence electrons. The highest BCUT2D eigenvalue weighted by atomic mass is 32.1. The van der Waals surface area contributed by atoms with Crippen LogP contribution in [0.5, 0.6) is 0 Å². The van der Waals surface area contributed by atoms with Gasteiger partial charge in [-0.05, 0) is 19.9 Å². The molecule has 0 bridgehead atoms. The number of hydrogen-bond acceptors (Lipinski definition) is 3. The zero-order valence-corrected chi connectivity index (χ0v) is 12.3. The number of nitrogens with zero attached hydrogens (tertiary/aromatic N) is 1. The fourth-order valence-electron chi connectivity index (χ4n) is 2.11. The maximum absolute atomic E-state index is 12.7. The average molecular weight is 281 g/mol. The minimum absolute atomic E-state index is 0.0855. The minimum Gasteiger partial charge on any atom is -0.289 e. The molecule has 0 spiro atoms. The van der Waals surface area contributed by atoms with Gasteiger partial charge in [0.25, 0.3) is 0 Å². The van der Waals surface area contributed by atoms with Crippen LogP contribution >= 0.6 is 12.6 Å². The van der Waals surface area contributed by atoms with Crippen molar-refractivity contribution in [1.82, 2.24) is 0 Å². The summed E-state index contributed by atoms with van der Waals surface area (Å²) in [4.78, 5) is 12.7. The van der Waals surface area contributed by atoms with Crippen LogP contribution in [0.15, 0.2) is 53.3 Å². The summed E-state index contributed by atoms with van der Waals surface area (Å²) >= 11 is 4.49. The van der Waals surface area contributed by atoms with Gasteiger partial charge >= 0.3 is 0 Å². The summed E-state index contributed by atoms with van der Waals surface area (Å²) < 4.78 is -0.535. The van der Waals surface area contributed by atoms with E-state index in [1.807, 2.05) is 32.0 Å². The molecular weight excluding hydrogens is 266 g/mol. The second kappa shape index (κ2) is 5.52. The van der Waals surface area contributed by atoms with Gasteiger partial charge in [0.2, 0.25) is 0 Å². The third kappa shape index (κ3) is 2.76. The van der Waals surface area contributed by atoms with E-state index >= 15 is 0 Å². The van der Waals surface area contributed by atoms with Crippen LogP contribution in [0.3, 0.4) is 0 Å². The van der Waals surface area contributed by atoms with Crippen molar-refractivity contribution in [2.24, 2.45) is 0 Å². The normalized spacial score (nSPS) is 10.9. The van der Waals surface area contributed by atoms with E-state index in [4.69, 9.17) is 0 Å². The standard InChI is InChI=1S/C17H15NOS/c1-17(2,20)15-10-6-5-9-14(16(15)19)13-8-4-3-7-12(13)11-18/h3-10,20H,1-2H3. The van der Waals surface area contributed by atoms with Crippen molar-refractivity contribution in [2.45, 2.75) is 18.6 Å². The van der Waals surface area contributed by atoms with Gasteiger partial charge in [0.1, 0.15) is 0 Å². The third-order valence-corrected chi connectivity index (χ3v) is 3.36. The summed E-state index contributed by atoms with van der Waals surface area (Å²) in [6.07, 6.45) is 0. The Balaban J connectivity index is 2.81. The van der Waals surface area contributed by atoms with E-state index in [0.717, 1.165) is 0 Å². The summed E-state index contributed by atoms with van der Waals surface area (Å²) in [5.41, 5.74) is 2.23. The maximum Gasteiger partial charge on any atom is 0.191 e. The van der Waals surface area contributed by atoms with Crippen LogP contribution in [0.1, 0.15) is 25.0 Å². The Bertz CT molecular complexity index is 739. The molecule has 20 heavy (non-hydrogen) atoms. The Morgan fingerprint density at radius 2 is 1.55 bits per heavy atom. The second-order valence-electron chi connectivity index (χ2n) is 5.09. The van der Waals surface area contributed by atoms with Gasteiger partial charge < -0.3 is 0 Å². The van der Waals surface area contributed by atoms with Crippen LogP contribution in [-0.2, 0) is 4.75 Å². The molecule has 0 N–H and O–H groups in total. The van der Waals surface area contributed by atoms with Crippen LogP contribution in [0.25, 0.3) is 11.1 Å². The highest BCUT2D eigenvalue weighted by molar-refractivity contribution is 7.81. The average Bonchev–Trinajstić information content (AvgIpc) is 2.60. The van der Waals surface area contributed by atoms with Crippen molar-refractivity contribution >= 4 is 12.6 Å². The van der Waals surface area contributed by atoms with Gasteiger partial charge in [-0.2, -0.15) is 17.9 Å². The first-order valence-electron chi connectivity index (χ1n) is 6.31. The molecule has 0 amide bonds. The van der Waals surface area contributed by atoms with Gasteiger partial charge in [-0.1, -0.05) is 42.5 Å². The molecule has 0 atom stereocenters. The summed E-state index contributed by atoms with van der Waals surface area (Å²) in [7, 11) is 0. The van der Waals surface area contributed by atoms with Crippen LogP contribution in [0, 0.1) is 11.3 Å². The quantitative estimate of drug-likeness (QED) is 0.852. The first-order chi connectivity index (χ1) is 9.45. The minimum atomic E-state index is -0.535. The molecule has 2 aromatic carbocycles. The van der Waals surface area contributed by atoms with E-state index in [2.05, 4.69) is 18.7 Å². The predicted molar refractivity (Wildman–Crippen MR) is 84.9 cm³/mol. The van der Waals surface area contributed by atoms with Crippen molar-refractivity contribution in [3.8, 4) is 17.2 Å². The Kier molecular flexibility index (Phi) is 3.96. The lowest BCUT2D eigenvalue weighted by Gasteiger charge is -2.16. The van der Waals surface area contributed by atoms with Gasteiger partial charge in [-0.15, -0.1) is 0 Å². The molecule has 0 aliphatic carbocycles. The molecule has 2 aromatic rings. The first kappa shape index (κ1) is 14.4. The molecule has 2 rings (SSSR count). The predicted octanol–water partition coefficient (Wildman–Crippen LogP) is 3.75. The van der Waals surface area contributed by atoms with E-state index in [1.54, 1.807) is 30.3 Å². The van der Waals surface area contributed by atoms with E-state index in [-0.39, 0.29) is 5.43 Å². The van der Waals surface area contributed by atoms with E-state index < -0.39 is 4.75 Å². The number of nitriles is 1. The largest absolute Gasteiger partial charge is 0.289 e. The lowest BCUT2D eigenvalue weighted by atomic mass is 9.97. The van der Waals surface area contributed by atoms with Crippen molar-refractivity contribution in [3.63, 3.8) is 0 Å². The van der Waals surface area contributed by atoms with Crippen LogP contribution in [0.2, 0.25) is 0 Å². The smallest absolute Gasteiger partial charge is 0.191 e. The SMILES string of the molecule is CC(C)(S)c1ccccc(-c2ccccc2C#N)c1=O. The van der Waals surface area contributed by atoms with Gasteiger partial charge in [0, 0.05) is 21.4 Å². The zero-order valence-electron chi connectivity index (χ0n) is 11.4. The van der Waals surface area contributed by atoms with Gasteiger partial charge in [-0.3, -0.25) is 4.79 Å². The lowest BCUT2D eigenvalue weighted by molar-refractivity contribution is 0.785. The fourth-order valence-corrected chi connectivity index (χ4v) is 2.29. The van der Waals surface area contributed by atoms with Crippen molar-refractivity contribution < 1.29 is 0 Å². The Labute approximate surface area is 124 Å². The zero-order chi connectivity index (χ0) is 14.8. The van der Waals surface area contributed by atoms with E-state index in [1.165, 1.54) is 0 Å². The van der Waals surface area contributed by atoms with Crippen LogP contribution < -0.4 is 5.43 Å². The fraction of sp³-hybridized carbons (Fsp3) is 0.176. The van der Waals surface area contributed by atoms with Gasteiger partial charge in [0.05, 0.1) is 11.6 Å². The highest BCUT2D eigenvalue weighted by Gasteiger charge is 2.20. The maximum atomic E-state index is 12.7. The van der Waals surface area contributed by atoms with Crippen molar-refractivity contribution in [3.05, 3.63) is 69.9 Å². The topological polar surface area (TPSA) is 40.9 Å². The molecule has 0 saturated heterocycles. The monoisotopic (exact) mass is 281 g/mol. The van der Waals surface area contributed by atoms with Crippen molar-refractivity contribution in [1.29, 1.82) is 5.26 Å². The van der Waals surface area contributed by atoms with E-state index in [9.17, 15) is 10.1 Å². The third-order valence-electron chi connectivity index (χ3n) is 3.12. The molecular formula is C17H15NOS. The molecule has 0 aromatic heterocycles. The van der Waals surface area contributed by atoms with Crippen LogP contribution in [-0.4, -0.2) is 0 Å². The molecule has 0 heterocycles. The summed E-state index contributed by atoms with van der Waals surface area (Å²) in [5.74, 6) is 0. The number of thiol groups is 1. The van der Waals surface area contributed by atoms with Crippen molar-refractivity contribution in [2.75, 3.05) is 0 Å². The molecule has 2 nitrogen and oxygen atoms in total. The summed E-state index contributed by atoms with van der Waals surface area (Å²) in [6.45, 7) is 3.76. The summed E-state index contributed by atoms with van der Waals surface area (Å²) in [5, 5.41) is 9.20. The molecule has 3 heteroatoms.